The van der Waals surface area contributed by atoms with E-state index in [9.17, 15) is 0 Å². The lowest BCUT2D eigenvalue weighted by atomic mass is 10.1. The Balaban J connectivity index is 1.39. The van der Waals surface area contributed by atoms with E-state index in [0.717, 1.165) is 51.1 Å². The van der Waals surface area contributed by atoms with Crippen molar-refractivity contribution in [1.29, 1.82) is 0 Å². The molecule has 0 amide bonds. The molecule has 3 aromatic heterocycles. The Morgan fingerprint density at radius 3 is 2.88 bits per heavy atom. The second kappa shape index (κ2) is 5.82. The maximum absolute atomic E-state index is 5.88. The zero-order chi connectivity index (χ0) is 16.6. The molecule has 5 nitrogen and oxygen atoms in total. The first-order valence-corrected chi connectivity index (χ1v) is 8.95. The summed E-state index contributed by atoms with van der Waals surface area (Å²) < 4.78 is 5.88. The number of thiazole rings is 1. The van der Waals surface area contributed by atoms with Crippen molar-refractivity contribution in [1.82, 2.24) is 15.0 Å². The van der Waals surface area contributed by atoms with Crippen molar-refractivity contribution in [3.05, 3.63) is 59.9 Å². The zero-order valence-electron chi connectivity index (χ0n) is 13.3. The Bertz CT molecular complexity index is 1190. The molecule has 0 aliphatic rings. The lowest BCUT2D eigenvalue weighted by Gasteiger charge is -2.06. The molecule has 0 atom stereocenters. The number of para-hydroxylation sites is 1. The number of rotatable bonds is 4. The largest absolute Gasteiger partial charge is 0.456 e. The molecule has 5 rings (SSSR count). The van der Waals surface area contributed by atoms with Crippen LogP contribution < -0.4 is 5.32 Å². The molecule has 6 heteroatoms. The van der Waals surface area contributed by atoms with Crippen LogP contribution in [0.4, 0.5) is 5.82 Å². The van der Waals surface area contributed by atoms with Crippen LogP contribution in [0.25, 0.3) is 32.3 Å². The summed E-state index contributed by atoms with van der Waals surface area (Å²) in [7, 11) is 0. The molecule has 25 heavy (non-hydrogen) atoms. The van der Waals surface area contributed by atoms with Crippen LogP contribution in [-0.4, -0.2) is 21.5 Å². The van der Waals surface area contributed by atoms with E-state index in [0.29, 0.717) is 0 Å². The van der Waals surface area contributed by atoms with Gasteiger partial charge >= 0.3 is 0 Å². The van der Waals surface area contributed by atoms with Gasteiger partial charge in [0.15, 0.2) is 5.82 Å². The maximum atomic E-state index is 5.88. The van der Waals surface area contributed by atoms with Gasteiger partial charge in [0.05, 0.1) is 5.51 Å². The summed E-state index contributed by atoms with van der Waals surface area (Å²) in [5.74, 6) is 0.793. The Hall–Kier alpha value is -2.99. The van der Waals surface area contributed by atoms with Crippen molar-refractivity contribution in [2.75, 3.05) is 11.9 Å². The van der Waals surface area contributed by atoms with Crippen molar-refractivity contribution >= 4 is 49.4 Å². The Morgan fingerprint density at radius 1 is 0.960 bits per heavy atom. The summed E-state index contributed by atoms with van der Waals surface area (Å²) in [6, 6.07) is 14.5. The smallest absolute Gasteiger partial charge is 0.156 e. The minimum atomic E-state index is 0.783. The summed E-state index contributed by atoms with van der Waals surface area (Å²) in [5.41, 5.74) is 5.75. The maximum Gasteiger partial charge on any atom is 0.156 e. The number of anilines is 1. The van der Waals surface area contributed by atoms with Gasteiger partial charge in [0.25, 0.3) is 0 Å². The number of hydrogen-bond donors (Lipinski definition) is 1. The summed E-state index contributed by atoms with van der Waals surface area (Å²) in [5, 5.41) is 5.69. The summed E-state index contributed by atoms with van der Waals surface area (Å²) in [6.45, 7) is 0.783. The van der Waals surface area contributed by atoms with Gasteiger partial charge in [0.2, 0.25) is 0 Å². The van der Waals surface area contributed by atoms with Gasteiger partial charge in [-0.15, -0.1) is 11.3 Å². The molecule has 3 heterocycles. The molecule has 0 radical (unpaired) electrons. The van der Waals surface area contributed by atoms with Gasteiger partial charge in [-0.3, -0.25) is 0 Å². The number of nitrogens with one attached hydrogen (secondary N) is 1. The van der Waals surface area contributed by atoms with Gasteiger partial charge in [-0.1, -0.05) is 24.3 Å². The minimum absolute atomic E-state index is 0.783. The molecule has 5 aromatic rings. The number of aromatic nitrogens is 3. The Morgan fingerprint density at radius 2 is 1.88 bits per heavy atom. The van der Waals surface area contributed by atoms with Gasteiger partial charge in [0.1, 0.15) is 27.8 Å². The number of benzene rings is 2. The molecule has 0 aliphatic carbocycles. The van der Waals surface area contributed by atoms with Crippen molar-refractivity contribution in [2.24, 2.45) is 0 Å². The molecule has 0 spiro atoms. The lowest BCUT2D eigenvalue weighted by Crippen LogP contribution is -2.07. The van der Waals surface area contributed by atoms with Crippen LogP contribution in [0.5, 0.6) is 0 Å². The van der Waals surface area contributed by atoms with Crippen LogP contribution >= 0.6 is 11.3 Å². The van der Waals surface area contributed by atoms with Gasteiger partial charge in [-0.2, -0.15) is 0 Å². The molecule has 0 saturated heterocycles. The van der Waals surface area contributed by atoms with Gasteiger partial charge < -0.3 is 9.73 Å². The Labute approximate surface area is 147 Å². The van der Waals surface area contributed by atoms with Gasteiger partial charge in [-0.25, -0.2) is 15.0 Å². The van der Waals surface area contributed by atoms with Crippen LogP contribution in [-0.2, 0) is 6.42 Å². The highest BCUT2D eigenvalue weighted by molar-refractivity contribution is 7.16. The molecular weight excluding hydrogens is 332 g/mol. The number of nitrogens with zero attached hydrogens (tertiary/aromatic N) is 3. The monoisotopic (exact) mass is 346 g/mol. The third-order valence-electron chi connectivity index (χ3n) is 4.28. The molecule has 1 N–H and O–H groups in total. The van der Waals surface area contributed by atoms with E-state index in [2.05, 4.69) is 38.5 Å². The number of fused-ring (bicyclic) bond motifs is 4. The molecule has 0 fully saturated rings. The zero-order valence-corrected chi connectivity index (χ0v) is 14.1. The fourth-order valence-electron chi connectivity index (χ4n) is 3.08. The second-order valence-corrected chi connectivity index (χ2v) is 6.67. The van der Waals surface area contributed by atoms with Crippen molar-refractivity contribution < 1.29 is 4.42 Å². The second-order valence-electron chi connectivity index (χ2n) is 5.83. The highest BCUT2D eigenvalue weighted by Gasteiger charge is 2.08. The van der Waals surface area contributed by atoms with E-state index in [4.69, 9.17) is 4.42 Å². The normalized spacial score (nSPS) is 11.5. The van der Waals surface area contributed by atoms with Crippen molar-refractivity contribution in [3.63, 3.8) is 0 Å². The quantitative estimate of drug-likeness (QED) is 0.513. The van der Waals surface area contributed by atoms with Crippen LogP contribution in [0.2, 0.25) is 0 Å². The predicted octanol–water partition coefficient (Wildman–Crippen LogP) is 4.64. The first-order valence-electron chi connectivity index (χ1n) is 8.07. The summed E-state index contributed by atoms with van der Waals surface area (Å²) in [4.78, 5) is 13.8. The van der Waals surface area contributed by atoms with Crippen LogP contribution in [0.3, 0.4) is 0 Å². The summed E-state index contributed by atoms with van der Waals surface area (Å²) in [6.07, 6.45) is 2.47. The number of hydrogen-bond acceptors (Lipinski definition) is 6. The molecule has 0 unspecified atom stereocenters. The van der Waals surface area contributed by atoms with E-state index >= 15 is 0 Å². The van der Waals surface area contributed by atoms with E-state index in [-0.39, 0.29) is 0 Å². The standard InChI is InChI=1S/C19H14N4OS/c1-2-4-15-13(3-1)14-9-12(5-6-16(14)24-15)7-8-20-18-17-19(22-10-21-18)25-11-23-17/h1-6,9-11H,7-8H2,(H,20,21,22). The molecule has 122 valence electrons. The predicted molar refractivity (Wildman–Crippen MR) is 101 cm³/mol. The first-order chi connectivity index (χ1) is 12.4. The first kappa shape index (κ1) is 14.4. The van der Waals surface area contributed by atoms with Crippen molar-refractivity contribution in [3.8, 4) is 0 Å². The Kier molecular flexibility index (Phi) is 3.34. The van der Waals surface area contributed by atoms with Crippen LogP contribution in [0.15, 0.2) is 58.7 Å². The van der Waals surface area contributed by atoms with Crippen LogP contribution in [0.1, 0.15) is 5.56 Å². The SMILES string of the molecule is c1ccc2c(c1)oc1ccc(CCNc3ncnc4scnc34)cc12. The highest BCUT2D eigenvalue weighted by atomic mass is 32.1. The number of furan rings is 1. The summed E-state index contributed by atoms with van der Waals surface area (Å²) >= 11 is 1.52. The molecule has 0 saturated carbocycles. The molecule has 0 aliphatic heterocycles. The van der Waals surface area contributed by atoms with E-state index < -0.39 is 0 Å². The average molecular weight is 346 g/mol. The van der Waals surface area contributed by atoms with Gasteiger partial charge in [0, 0.05) is 17.3 Å². The topological polar surface area (TPSA) is 63.8 Å². The van der Waals surface area contributed by atoms with Crippen LogP contribution in [0, 0.1) is 0 Å². The lowest BCUT2D eigenvalue weighted by molar-refractivity contribution is 0.669. The van der Waals surface area contributed by atoms with Gasteiger partial charge in [-0.05, 0) is 30.2 Å². The fourth-order valence-corrected chi connectivity index (χ4v) is 3.70. The average Bonchev–Trinajstić information content (AvgIpc) is 3.26. The molecule has 2 aromatic carbocycles. The van der Waals surface area contributed by atoms with Crippen molar-refractivity contribution in [2.45, 2.75) is 6.42 Å². The fraction of sp³-hybridized carbons (Fsp3) is 0.105. The third kappa shape index (κ3) is 2.51. The van der Waals surface area contributed by atoms with E-state index in [1.54, 1.807) is 11.8 Å². The third-order valence-corrected chi connectivity index (χ3v) is 5.01. The minimum Gasteiger partial charge on any atom is -0.456 e. The highest BCUT2D eigenvalue weighted by Crippen LogP contribution is 2.29. The molecule has 0 bridgehead atoms. The molecular formula is C19H14N4OS. The van der Waals surface area contributed by atoms with E-state index in [1.165, 1.54) is 16.9 Å². The van der Waals surface area contributed by atoms with E-state index in [1.807, 2.05) is 24.3 Å².